The minimum Gasteiger partial charge on any atom is -0.331 e. The van der Waals surface area contributed by atoms with Gasteiger partial charge in [0.15, 0.2) is 5.84 Å². The molecule has 7 N–H and O–H groups in total. The lowest BCUT2D eigenvalue weighted by atomic mass is 10.2. The summed E-state index contributed by atoms with van der Waals surface area (Å²) < 4.78 is 0.912. The number of halogens is 1. The molecular weight excluding hydrogens is 378 g/mol. The second-order valence-corrected chi connectivity index (χ2v) is 6.34. The molecule has 0 aromatic heterocycles. The lowest BCUT2D eigenvalue weighted by Crippen LogP contribution is -2.47. The van der Waals surface area contributed by atoms with Crippen molar-refractivity contribution in [3.63, 3.8) is 0 Å². The van der Waals surface area contributed by atoms with Gasteiger partial charge in [0.05, 0.1) is 6.54 Å². The quantitative estimate of drug-likeness (QED) is 0.215. The van der Waals surface area contributed by atoms with Gasteiger partial charge in [0.2, 0.25) is 5.91 Å². The molecule has 24 heavy (non-hydrogen) atoms. The molecule has 1 aliphatic heterocycles. The highest BCUT2D eigenvalue weighted by Crippen LogP contribution is 2.19. The molecule has 3 amide bonds. The number of hydrogen-bond donors (Lipinski definition) is 5. The van der Waals surface area contributed by atoms with Crippen LogP contribution in [0.5, 0.6) is 0 Å². The van der Waals surface area contributed by atoms with Crippen molar-refractivity contribution in [2.75, 3.05) is 11.9 Å². The number of nitrogens with one attached hydrogen (secondary N) is 3. The summed E-state index contributed by atoms with van der Waals surface area (Å²) in [5.74, 6) is 10.6. The second-order valence-electron chi connectivity index (χ2n) is 5.43. The number of carbonyl (C=O) groups is 2. The van der Waals surface area contributed by atoms with Gasteiger partial charge in [-0.2, -0.15) is 5.10 Å². The van der Waals surface area contributed by atoms with Crippen LogP contribution in [0.25, 0.3) is 0 Å². The van der Waals surface area contributed by atoms with Crippen molar-refractivity contribution in [1.82, 2.24) is 15.6 Å². The molecular formula is C14H20BrN7O2. The molecule has 2 atom stereocenters. The second kappa shape index (κ2) is 7.97. The number of amides is 3. The summed E-state index contributed by atoms with van der Waals surface area (Å²) in [5, 5.41) is 8.85. The molecule has 0 spiro atoms. The maximum atomic E-state index is 12.4. The summed E-state index contributed by atoms with van der Waals surface area (Å²) >= 11 is 3.32. The summed E-state index contributed by atoms with van der Waals surface area (Å²) in [6.45, 7) is 2.05. The number of likely N-dealkylation sites (tertiary alicyclic amines) is 1. The van der Waals surface area contributed by atoms with E-state index in [1.807, 2.05) is 19.1 Å². The van der Waals surface area contributed by atoms with E-state index in [1.54, 1.807) is 17.0 Å². The van der Waals surface area contributed by atoms with Gasteiger partial charge >= 0.3 is 6.03 Å². The number of hydrazone groups is 1. The zero-order valence-corrected chi connectivity index (χ0v) is 14.7. The maximum absolute atomic E-state index is 12.4. The van der Waals surface area contributed by atoms with Gasteiger partial charge in [0.1, 0.15) is 6.04 Å². The minimum atomic E-state index is -0.604. The van der Waals surface area contributed by atoms with Crippen LogP contribution in [0.1, 0.15) is 13.3 Å². The van der Waals surface area contributed by atoms with Crippen molar-refractivity contribution < 1.29 is 9.59 Å². The molecule has 1 aliphatic rings. The standard InChI is InChI=1S/C14H20BrN7O2/c1-8-6-11(13(23)22(8)7-12(20-16)21-17)19-14(24)18-10-4-2-9(15)3-5-10/h2-5,8,11H,6-7,16-17H2,1H3,(H,20,21)(H2,18,19,24). The van der Waals surface area contributed by atoms with Crippen LogP contribution in [0.4, 0.5) is 10.5 Å². The van der Waals surface area contributed by atoms with E-state index in [9.17, 15) is 9.59 Å². The topological polar surface area (TPSA) is 138 Å². The van der Waals surface area contributed by atoms with Crippen molar-refractivity contribution in [2.24, 2.45) is 16.8 Å². The average molecular weight is 398 g/mol. The van der Waals surface area contributed by atoms with E-state index >= 15 is 0 Å². The lowest BCUT2D eigenvalue weighted by molar-refractivity contribution is -0.129. The molecule has 1 saturated heterocycles. The molecule has 0 saturated carbocycles. The van der Waals surface area contributed by atoms with Gasteiger partial charge in [-0.15, -0.1) is 0 Å². The van der Waals surface area contributed by atoms with Crippen LogP contribution >= 0.6 is 15.9 Å². The van der Waals surface area contributed by atoms with Gasteiger partial charge < -0.3 is 26.8 Å². The Morgan fingerprint density at radius 1 is 1.42 bits per heavy atom. The molecule has 0 radical (unpaired) electrons. The molecule has 0 aliphatic carbocycles. The highest BCUT2D eigenvalue weighted by molar-refractivity contribution is 9.10. The van der Waals surface area contributed by atoms with Crippen molar-refractivity contribution >= 4 is 39.4 Å². The van der Waals surface area contributed by atoms with E-state index in [1.165, 1.54) is 0 Å². The van der Waals surface area contributed by atoms with Gasteiger partial charge in [-0.1, -0.05) is 15.9 Å². The van der Waals surface area contributed by atoms with Gasteiger partial charge in [-0.05, 0) is 37.6 Å². The first-order valence-corrected chi connectivity index (χ1v) is 8.10. The Morgan fingerprint density at radius 2 is 2.08 bits per heavy atom. The SMILES string of the molecule is CC1CC(NC(=O)Nc2ccc(Br)cc2)C(=O)N1C/C(=N/N)NN. The van der Waals surface area contributed by atoms with Crippen LogP contribution in [0.15, 0.2) is 33.8 Å². The fourth-order valence-electron chi connectivity index (χ4n) is 2.48. The summed E-state index contributed by atoms with van der Waals surface area (Å²) in [4.78, 5) is 26.1. The van der Waals surface area contributed by atoms with Crippen molar-refractivity contribution in [3.05, 3.63) is 28.7 Å². The Labute approximate surface area is 147 Å². The number of rotatable bonds is 4. The van der Waals surface area contributed by atoms with Crippen molar-refractivity contribution in [1.29, 1.82) is 0 Å². The predicted octanol–water partition coefficient (Wildman–Crippen LogP) is 0.296. The normalized spacial score (nSPS) is 20.9. The third-order valence-corrected chi connectivity index (χ3v) is 4.27. The number of nitrogens with two attached hydrogens (primary N) is 2. The molecule has 1 heterocycles. The Hall–Kier alpha value is -2.33. The summed E-state index contributed by atoms with van der Waals surface area (Å²) in [7, 11) is 0. The molecule has 130 valence electrons. The molecule has 2 rings (SSSR count). The van der Waals surface area contributed by atoms with Crippen molar-refractivity contribution in [3.8, 4) is 0 Å². The third kappa shape index (κ3) is 4.36. The number of amidine groups is 1. The van der Waals surface area contributed by atoms with Crippen molar-refractivity contribution in [2.45, 2.75) is 25.4 Å². The average Bonchev–Trinajstić information content (AvgIpc) is 2.81. The monoisotopic (exact) mass is 397 g/mol. The number of nitrogens with zero attached hydrogens (tertiary/aromatic N) is 2. The van der Waals surface area contributed by atoms with Gasteiger partial charge in [-0.25, -0.2) is 10.6 Å². The Balaban J connectivity index is 1.94. The molecule has 1 fully saturated rings. The summed E-state index contributed by atoms with van der Waals surface area (Å²) in [5.41, 5.74) is 2.98. The van der Waals surface area contributed by atoms with E-state index in [0.717, 1.165) is 4.47 Å². The number of anilines is 1. The zero-order valence-electron chi connectivity index (χ0n) is 13.1. The first kappa shape index (κ1) is 18.0. The Bertz CT molecular complexity index is 635. The maximum Gasteiger partial charge on any atom is 0.319 e. The zero-order chi connectivity index (χ0) is 17.7. The number of benzene rings is 1. The molecule has 10 heteroatoms. The van der Waals surface area contributed by atoms with E-state index in [2.05, 4.69) is 37.1 Å². The number of carbonyl (C=O) groups excluding carboxylic acids is 2. The number of hydrogen-bond acceptors (Lipinski definition) is 5. The van der Waals surface area contributed by atoms with Crippen LogP contribution in [0.3, 0.4) is 0 Å². The van der Waals surface area contributed by atoms with E-state index in [-0.39, 0.29) is 24.3 Å². The predicted molar refractivity (Wildman–Crippen MR) is 94.8 cm³/mol. The van der Waals surface area contributed by atoms with E-state index < -0.39 is 12.1 Å². The van der Waals surface area contributed by atoms with Crippen LogP contribution in [0.2, 0.25) is 0 Å². The molecule has 1 aromatic rings. The lowest BCUT2D eigenvalue weighted by Gasteiger charge is -2.21. The van der Waals surface area contributed by atoms with Crippen LogP contribution in [-0.4, -0.2) is 41.3 Å². The number of urea groups is 1. The van der Waals surface area contributed by atoms with Gasteiger partial charge in [0, 0.05) is 16.2 Å². The van der Waals surface area contributed by atoms with E-state index in [0.29, 0.717) is 12.1 Å². The molecule has 9 nitrogen and oxygen atoms in total. The van der Waals surface area contributed by atoms with Crippen LogP contribution in [-0.2, 0) is 4.79 Å². The van der Waals surface area contributed by atoms with Crippen LogP contribution in [0, 0.1) is 0 Å². The fourth-order valence-corrected chi connectivity index (χ4v) is 2.75. The molecule has 0 bridgehead atoms. The third-order valence-electron chi connectivity index (χ3n) is 3.74. The fraction of sp³-hybridized carbons (Fsp3) is 0.357. The minimum absolute atomic E-state index is 0.0689. The van der Waals surface area contributed by atoms with Crippen LogP contribution < -0.4 is 27.7 Å². The Kier molecular flexibility index (Phi) is 5.99. The highest BCUT2D eigenvalue weighted by Gasteiger charge is 2.38. The smallest absolute Gasteiger partial charge is 0.319 e. The first-order chi connectivity index (χ1) is 11.4. The van der Waals surface area contributed by atoms with Gasteiger partial charge in [-0.3, -0.25) is 4.79 Å². The van der Waals surface area contributed by atoms with Gasteiger partial charge in [0.25, 0.3) is 0 Å². The highest BCUT2D eigenvalue weighted by atomic mass is 79.9. The summed E-state index contributed by atoms with van der Waals surface area (Å²) in [6.07, 6.45) is 0.495. The number of hydrazine groups is 1. The van der Waals surface area contributed by atoms with E-state index in [4.69, 9.17) is 11.7 Å². The molecule has 2 unspecified atom stereocenters. The first-order valence-electron chi connectivity index (χ1n) is 7.31. The Morgan fingerprint density at radius 3 is 2.67 bits per heavy atom. The largest absolute Gasteiger partial charge is 0.331 e. The molecule has 1 aromatic carbocycles. The summed E-state index contributed by atoms with van der Waals surface area (Å²) in [6, 6.07) is 6.03.